The molecule has 0 spiro atoms. The van der Waals surface area contributed by atoms with Crippen molar-refractivity contribution in [1.82, 2.24) is 9.62 Å². The highest BCUT2D eigenvalue weighted by molar-refractivity contribution is 7.88. The number of carbonyl (C=O) groups excluding carboxylic acids is 1. The van der Waals surface area contributed by atoms with Crippen molar-refractivity contribution in [1.29, 1.82) is 0 Å². The van der Waals surface area contributed by atoms with Gasteiger partial charge in [0.15, 0.2) is 11.5 Å². The third-order valence-electron chi connectivity index (χ3n) is 4.72. The number of hydrogen-bond donors (Lipinski definition) is 1. The molecule has 0 bridgehead atoms. The smallest absolute Gasteiger partial charge is 0.223 e. The Morgan fingerprint density at radius 1 is 1.19 bits per heavy atom. The molecular weight excluding hydrogens is 368 g/mol. The average Bonchev–Trinajstić information content (AvgIpc) is 2.63. The van der Waals surface area contributed by atoms with Crippen molar-refractivity contribution < 1.29 is 22.7 Å². The van der Waals surface area contributed by atoms with Crippen LogP contribution in [0, 0.1) is 5.92 Å². The number of sulfonamides is 1. The number of nitrogens with zero attached hydrogens (tertiary/aromatic N) is 1. The molecule has 1 N–H and O–H groups in total. The second-order valence-corrected chi connectivity index (χ2v) is 8.72. The van der Waals surface area contributed by atoms with Crippen molar-refractivity contribution in [2.75, 3.05) is 32.6 Å². The largest absolute Gasteiger partial charge is 0.490 e. The molecule has 2 rings (SSSR count). The Balaban J connectivity index is 1.99. The van der Waals surface area contributed by atoms with Crippen LogP contribution in [0.1, 0.15) is 45.2 Å². The third-order valence-corrected chi connectivity index (χ3v) is 6.02. The molecule has 0 aromatic heterocycles. The summed E-state index contributed by atoms with van der Waals surface area (Å²) in [4.78, 5) is 12.6. The van der Waals surface area contributed by atoms with Crippen LogP contribution in [0.25, 0.3) is 0 Å². The molecule has 7 nitrogen and oxygen atoms in total. The van der Waals surface area contributed by atoms with Gasteiger partial charge < -0.3 is 14.8 Å². The van der Waals surface area contributed by atoms with E-state index in [0.717, 1.165) is 5.56 Å². The molecule has 1 saturated heterocycles. The van der Waals surface area contributed by atoms with Crippen molar-refractivity contribution >= 4 is 15.9 Å². The van der Waals surface area contributed by atoms with Crippen LogP contribution in [0.5, 0.6) is 11.5 Å². The average molecular weight is 399 g/mol. The summed E-state index contributed by atoms with van der Waals surface area (Å²) in [7, 11) is -3.18. The fourth-order valence-electron chi connectivity index (χ4n) is 3.20. The van der Waals surface area contributed by atoms with Gasteiger partial charge in [0, 0.05) is 19.0 Å². The lowest BCUT2D eigenvalue weighted by atomic mass is 9.96. The molecule has 1 amide bonds. The predicted octanol–water partition coefficient (Wildman–Crippen LogP) is 2.33. The van der Waals surface area contributed by atoms with Gasteiger partial charge in [-0.2, -0.15) is 0 Å². The maximum atomic E-state index is 12.6. The summed E-state index contributed by atoms with van der Waals surface area (Å²) >= 11 is 0. The van der Waals surface area contributed by atoms with Crippen LogP contribution < -0.4 is 14.8 Å². The maximum Gasteiger partial charge on any atom is 0.223 e. The number of nitrogens with one attached hydrogen (secondary N) is 1. The van der Waals surface area contributed by atoms with E-state index in [1.807, 2.05) is 39.0 Å². The highest BCUT2D eigenvalue weighted by atomic mass is 32.2. The van der Waals surface area contributed by atoms with Crippen LogP contribution in [0.4, 0.5) is 0 Å². The van der Waals surface area contributed by atoms with Gasteiger partial charge in [-0.3, -0.25) is 4.79 Å². The van der Waals surface area contributed by atoms with Crippen LogP contribution in [-0.4, -0.2) is 51.2 Å². The van der Waals surface area contributed by atoms with Crippen LogP contribution >= 0.6 is 0 Å². The Kier molecular flexibility index (Phi) is 7.49. The Hall–Kier alpha value is -1.80. The van der Waals surface area contributed by atoms with Crippen LogP contribution in [0.3, 0.4) is 0 Å². The molecule has 0 radical (unpaired) electrons. The van der Waals surface area contributed by atoms with Gasteiger partial charge in [-0.05, 0) is 51.3 Å². The lowest BCUT2D eigenvalue weighted by Crippen LogP contribution is -2.43. The van der Waals surface area contributed by atoms with Gasteiger partial charge in [0.05, 0.1) is 25.5 Å². The van der Waals surface area contributed by atoms with Crippen molar-refractivity contribution in [2.24, 2.45) is 5.92 Å². The van der Waals surface area contributed by atoms with E-state index in [4.69, 9.17) is 9.47 Å². The van der Waals surface area contributed by atoms with E-state index in [1.165, 1.54) is 10.6 Å². The molecule has 1 aromatic rings. The Morgan fingerprint density at radius 2 is 1.78 bits per heavy atom. The molecule has 0 saturated carbocycles. The van der Waals surface area contributed by atoms with E-state index >= 15 is 0 Å². The van der Waals surface area contributed by atoms with E-state index in [9.17, 15) is 13.2 Å². The van der Waals surface area contributed by atoms with E-state index in [2.05, 4.69) is 5.32 Å². The number of amides is 1. The normalized spacial score (nSPS) is 17.3. The molecule has 1 atom stereocenters. The second-order valence-electron chi connectivity index (χ2n) is 6.74. The lowest BCUT2D eigenvalue weighted by molar-refractivity contribution is -0.126. The van der Waals surface area contributed by atoms with E-state index in [-0.39, 0.29) is 17.9 Å². The second kappa shape index (κ2) is 9.41. The Morgan fingerprint density at radius 3 is 2.33 bits per heavy atom. The standard InChI is InChI=1S/C19H30N2O5S/c1-5-25-17-8-7-16(13-18(17)26-6-2)14(3)20-19(22)15-9-11-21(12-10-15)27(4,23)24/h7-8,13-15H,5-6,9-12H2,1-4H3,(H,20,22). The van der Waals surface area contributed by atoms with Crippen molar-refractivity contribution in [3.8, 4) is 11.5 Å². The van der Waals surface area contributed by atoms with Crippen molar-refractivity contribution in [2.45, 2.75) is 39.7 Å². The van der Waals surface area contributed by atoms with Crippen molar-refractivity contribution in [3.05, 3.63) is 23.8 Å². The van der Waals surface area contributed by atoms with Crippen LogP contribution in [0.2, 0.25) is 0 Å². The van der Waals surface area contributed by atoms with Crippen LogP contribution in [-0.2, 0) is 14.8 Å². The van der Waals surface area contributed by atoms with E-state index < -0.39 is 10.0 Å². The predicted molar refractivity (Wildman–Crippen MR) is 104 cm³/mol. The summed E-state index contributed by atoms with van der Waals surface area (Å²) < 4.78 is 35.8. The van der Waals surface area contributed by atoms with Gasteiger partial charge in [-0.15, -0.1) is 0 Å². The zero-order chi connectivity index (χ0) is 20.0. The topological polar surface area (TPSA) is 84.9 Å². The lowest BCUT2D eigenvalue weighted by Gasteiger charge is -2.30. The molecular formula is C19H30N2O5S. The fourth-order valence-corrected chi connectivity index (χ4v) is 4.08. The molecule has 8 heteroatoms. The first kappa shape index (κ1) is 21.5. The third kappa shape index (κ3) is 5.84. The van der Waals surface area contributed by atoms with E-state index in [0.29, 0.717) is 50.6 Å². The summed E-state index contributed by atoms with van der Waals surface area (Å²) in [6.07, 6.45) is 2.29. The number of rotatable bonds is 8. The number of hydrogen-bond acceptors (Lipinski definition) is 5. The zero-order valence-electron chi connectivity index (χ0n) is 16.5. The summed E-state index contributed by atoms with van der Waals surface area (Å²) in [5.74, 6) is 1.15. The van der Waals surface area contributed by atoms with Crippen LogP contribution in [0.15, 0.2) is 18.2 Å². The number of benzene rings is 1. The Bertz CT molecular complexity index is 742. The molecule has 0 aliphatic carbocycles. The molecule has 1 aromatic carbocycles. The first-order valence-electron chi connectivity index (χ1n) is 9.41. The first-order chi connectivity index (χ1) is 12.8. The summed E-state index contributed by atoms with van der Waals surface area (Å²) in [5.41, 5.74) is 0.934. The maximum absolute atomic E-state index is 12.6. The minimum absolute atomic E-state index is 0.0394. The van der Waals surface area contributed by atoms with Gasteiger partial charge in [-0.25, -0.2) is 12.7 Å². The monoisotopic (exact) mass is 398 g/mol. The van der Waals surface area contributed by atoms with Gasteiger partial charge in [0.1, 0.15) is 0 Å². The number of ether oxygens (including phenoxy) is 2. The van der Waals surface area contributed by atoms with Gasteiger partial charge >= 0.3 is 0 Å². The Labute approximate surface area is 162 Å². The van der Waals surface area contributed by atoms with Crippen molar-refractivity contribution in [3.63, 3.8) is 0 Å². The highest BCUT2D eigenvalue weighted by Crippen LogP contribution is 2.31. The number of piperidine rings is 1. The quantitative estimate of drug-likeness (QED) is 0.726. The molecule has 1 aliphatic rings. The minimum atomic E-state index is -3.18. The highest BCUT2D eigenvalue weighted by Gasteiger charge is 2.29. The minimum Gasteiger partial charge on any atom is -0.490 e. The number of carbonyl (C=O) groups is 1. The molecule has 27 heavy (non-hydrogen) atoms. The van der Waals surface area contributed by atoms with Gasteiger partial charge in [0.2, 0.25) is 15.9 Å². The first-order valence-corrected chi connectivity index (χ1v) is 11.3. The SMILES string of the molecule is CCOc1ccc(C(C)NC(=O)C2CCN(S(C)(=O)=O)CC2)cc1OCC. The van der Waals surface area contributed by atoms with Gasteiger partial charge in [-0.1, -0.05) is 6.07 Å². The van der Waals surface area contributed by atoms with E-state index in [1.54, 1.807) is 0 Å². The molecule has 152 valence electrons. The summed E-state index contributed by atoms with van der Waals surface area (Å²) in [5, 5.41) is 3.04. The summed E-state index contributed by atoms with van der Waals surface area (Å²) in [6.45, 7) is 7.62. The molecule has 1 fully saturated rings. The zero-order valence-corrected chi connectivity index (χ0v) is 17.3. The molecule has 1 aliphatic heterocycles. The molecule has 1 unspecified atom stereocenters. The van der Waals surface area contributed by atoms with Gasteiger partial charge in [0.25, 0.3) is 0 Å². The molecule has 1 heterocycles. The summed E-state index contributed by atoms with van der Waals surface area (Å²) in [6, 6.07) is 5.49. The fraction of sp³-hybridized carbons (Fsp3) is 0.632.